The molecule has 0 saturated heterocycles. The Morgan fingerprint density at radius 2 is 1.77 bits per heavy atom. The summed E-state index contributed by atoms with van der Waals surface area (Å²) >= 11 is 0. The lowest BCUT2D eigenvalue weighted by Crippen LogP contribution is -2.32. The van der Waals surface area contributed by atoms with Crippen LogP contribution in [0.15, 0.2) is 60.7 Å². The van der Waals surface area contributed by atoms with E-state index in [0.29, 0.717) is 12.3 Å². The molecule has 1 heterocycles. The number of hydrogen-bond acceptors (Lipinski definition) is 3. The first-order chi connectivity index (χ1) is 14.8. The highest BCUT2D eigenvalue weighted by molar-refractivity contribution is 5.88. The number of benzene rings is 3. The Bertz CT molecular complexity index is 1160. The highest BCUT2D eigenvalue weighted by Crippen LogP contribution is 2.42. The van der Waals surface area contributed by atoms with Crippen LogP contribution in [0.25, 0.3) is 16.7 Å². The van der Waals surface area contributed by atoms with E-state index in [9.17, 15) is 4.39 Å². The maximum Gasteiger partial charge on any atom is 0.129 e. The lowest BCUT2D eigenvalue weighted by Gasteiger charge is -2.33. The lowest BCUT2D eigenvalue weighted by atomic mass is 9.85. The van der Waals surface area contributed by atoms with E-state index < -0.39 is 0 Å². The zero-order valence-electron chi connectivity index (χ0n) is 18.8. The molecular weight excluding hydrogens is 387 g/mol. The fourth-order valence-corrected chi connectivity index (χ4v) is 4.47. The standard InChI is InChI=1S/C27H29FN2O/c1-17-7-6-8-20(13-17)29-16-23-21(22-10-9-19(28)14-25(22)31-5)11-12-24-26(23)18(2)15-27(3,4)30-24/h6-15,29-30H,16H2,1-5H3. The molecule has 0 spiro atoms. The first kappa shape index (κ1) is 21.0. The number of ether oxygens (including phenoxy) is 1. The van der Waals surface area contributed by atoms with Crippen molar-refractivity contribution < 1.29 is 9.13 Å². The van der Waals surface area contributed by atoms with E-state index in [0.717, 1.165) is 28.1 Å². The SMILES string of the molecule is COc1cc(F)ccc1-c1ccc2c(c1CNc1cccc(C)c1)C(C)=CC(C)(C)N2. The molecule has 2 N–H and O–H groups in total. The summed E-state index contributed by atoms with van der Waals surface area (Å²) in [5, 5.41) is 7.22. The number of allylic oxidation sites excluding steroid dienone is 1. The van der Waals surface area contributed by atoms with Crippen molar-refractivity contribution >= 4 is 16.9 Å². The van der Waals surface area contributed by atoms with Gasteiger partial charge in [0.1, 0.15) is 11.6 Å². The van der Waals surface area contributed by atoms with Crippen LogP contribution in [0.1, 0.15) is 37.5 Å². The van der Waals surface area contributed by atoms with E-state index in [4.69, 9.17) is 4.74 Å². The molecule has 1 aliphatic rings. The van der Waals surface area contributed by atoms with Gasteiger partial charge in [0.05, 0.1) is 12.6 Å². The van der Waals surface area contributed by atoms with Gasteiger partial charge in [-0.15, -0.1) is 0 Å². The van der Waals surface area contributed by atoms with Crippen LogP contribution in [0.2, 0.25) is 0 Å². The predicted octanol–water partition coefficient (Wildman–Crippen LogP) is 7.03. The summed E-state index contributed by atoms with van der Waals surface area (Å²) in [4.78, 5) is 0. The summed E-state index contributed by atoms with van der Waals surface area (Å²) in [7, 11) is 1.58. The Morgan fingerprint density at radius 3 is 2.52 bits per heavy atom. The highest BCUT2D eigenvalue weighted by atomic mass is 19.1. The molecule has 0 unspecified atom stereocenters. The van der Waals surface area contributed by atoms with Gasteiger partial charge in [0.25, 0.3) is 0 Å². The van der Waals surface area contributed by atoms with Gasteiger partial charge >= 0.3 is 0 Å². The topological polar surface area (TPSA) is 33.3 Å². The van der Waals surface area contributed by atoms with Crippen LogP contribution in [-0.4, -0.2) is 12.6 Å². The average Bonchev–Trinajstić information content (AvgIpc) is 2.71. The Labute approximate surface area is 184 Å². The Balaban J connectivity index is 1.87. The molecule has 0 aliphatic carbocycles. The summed E-state index contributed by atoms with van der Waals surface area (Å²) < 4.78 is 19.4. The number of fused-ring (bicyclic) bond motifs is 1. The minimum absolute atomic E-state index is 0.118. The van der Waals surface area contributed by atoms with Gasteiger partial charge < -0.3 is 15.4 Å². The maximum atomic E-state index is 13.9. The molecule has 0 bridgehead atoms. The number of halogens is 1. The molecular formula is C27H29FN2O. The van der Waals surface area contributed by atoms with Crippen molar-refractivity contribution in [3.05, 3.63) is 83.2 Å². The number of anilines is 2. The van der Waals surface area contributed by atoms with Crippen LogP contribution in [0.3, 0.4) is 0 Å². The summed E-state index contributed by atoms with van der Waals surface area (Å²) in [5.74, 6) is 0.222. The molecule has 3 aromatic carbocycles. The Morgan fingerprint density at radius 1 is 1.00 bits per heavy atom. The lowest BCUT2D eigenvalue weighted by molar-refractivity contribution is 0.413. The first-order valence-electron chi connectivity index (χ1n) is 10.6. The van der Waals surface area contributed by atoms with Crippen LogP contribution >= 0.6 is 0 Å². The van der Waals surface area contributed by atoms with Crippen LogP contribution < -0.4 is 15.4 Å². The maximum absolute atomic E-state index is 13.9. The van der Waals surface area contributed by atoms with Crippen molar-refractivity contribution in [2.75, 3.05) is 17.7 Å². The minimum atomic E-state index is -0.308. The quantitative estimate of drug-likeness (QED) is 0.468. The second-order valence-corrected chi connectivity index (χ2v) is 8.76. The summed E-state index contributed by atoms with van der Waals surface area (Å²) in [5.41, 5.74) is 8.74. The second kappa shape index (κ2) is 8.10. The largest absolute Gasteiger partial charge is 0.496 e. The van der Waals surface area contributed by atoms with Crippen molar-refractivity contribution in [2.45, 2.75) is 39.8 Å². The van der Waals surface area contributed by atoms with Gasteiger partial charge in [-0.2, -0.15) is 0 Å². The third kappa shape index (κ3) is 4.29. The molecule has 0 saturated carbocycles. The zero-order valence-corrected chi connectivity index (χ0v) is 18.8. The molecule has 0 fully saturated rings. The minimum Gasteiger partial charge on any atom is -0.496 e. The van der Waals surface area contributed by atoms with E-state index >= 15 is 0 Å². The van der Waals surface area contributed by atoms with E-state index in [2.05, 4.69) is 80.8 Å². The summed E-state index contributed by atoms with van der Waals surface area (Å²) in [6, 6.07) is 17.3. The smallest absolute Gasteiger partial charge is 0.129 e. The molecule has 160 valence electrons. The summed E-state index contributed by atoms with van der Waals surface area (Å²) in [6.45, 7) is 9.21. The Kier molecular flexibility index (Phi) is 5.48. The molecule has 1 aliphatic heterocycles. The number of nitrogens with one attached hydrogen (secondary N) is 2. The van der Waals surface area contributed by atoms with Gasteiger partial charge in [0.15, 0.2) is 0 Å². The predicted molar refractivity (Wildman–Crippen MR) is 128 cm³/mol. The second-order valence-electron chi connectivity index (χ2n) is 8.76. The number of rotatable bonds is 5. The third-order valence-electron chi connectivity index (χ3n) is 5.68. The fourth-order valence-electron chi connectivity index (χ4n) is 4.47. The van der Waals surface area contributed by atoms with Gasteiger partial charge in [0.2, 0.25) is 0 Å². The van der Waals surface area contributed by atoms with Crippen molar-refractivity contribution in [2.24, 2.45) is 0 Å². The van der Waals surface area contributed by atoms with Crippen molar-refractivity contribution in [3.8, 4) is 16.9 Å². The van der Waals surface area contributed by atoms with Crippen LogP contribution in [-0.2, 0) is 6.54 Å². The molecule has 3 nitrogen and oxygen atoms in total. The molecule has 0 amide bonds. The first-order valence-corrected chi connectivity index (χ1v) is 10.6. The highest BCUT2D eigenvalue weighted by Gasteiger charge is 2.26. The van der Waals surface area contributed by atoms with Gasteiger partial charge in [-0.25, -0.2) is 4.39 Å². The van der Waals surface area contributed by atoms with Crippen molar-refractivity contribution in [3.63, 3.8) is 0 Å². The molecule has 4 heteroatoms. The van der Waals surface area contributed by atoms with Gasteiger partial charge in [-0.05, 0) is 80.3 Å². The number of methoxy groups -OCH3 is 1. The van der Waals surface area contributed by atoms with Gasteiger partial charge in [0, 0.05) is 35.1 Å². The summed E-state index contributed by atoms with van der Waals surface area (Å²) in [6.07, 6.45) is 2.26. The molecule has 31 heavy (non-hydrogen) atoms. The van der Waals surface area contributed by atoms with E-state index in [1.165, 1.54) is 28.8 Å². The van der Waals surface area contributed by atoms with Gasteiger partial charge in [-0.3, -0.25) is 0 Å². The van der Waals surface area contributed by atoms with Crippen molar-refractivity contribution in [1.82, 2.24) is 0 Å². The molecule has 0 atom stereocenters. The average molecular weight is 417 g/mol. The molecule has 3 aromatic rings. The Hall–Kier alpha value is -3.27. The van der Waals surface area contributed by atoms with Crippen LogP contribution in [0, 0.1) is 12.7 Å². The number of hydrogen-bond donors (Lipinski definition) is 2. The monoisotopic (exact) mass is 416 g/mol. The van der Waals surface area contributed by atoms with E-state index in [1.54, 1.807) is 13.2 Å². The van der Waals surface area contributed by atoms with Crippen molar-refractivity contribution in [1.29, 1.82) is 0 Å². The number of aryl methyl sites for hydroxylation is 1. The molecule has 0 aromatic heterocycles. The van der Waals surface area contributed by atoms with Crippen LogP contribution in [0.5, 0.6) is 5.75 Å². The fraction of sp³-hybridized carbons (Fsp3) is 0.259. The normalized spacial score (nSPS) is 14.3. The van der Waals surface area contributed by atoms with E-state index in [-0.39, 0.29) is 11.4 Å². The van der Waals surface area contributed by atoms with E-state index in [1.807, 2.05) is 0 Å². The zero-order chi connectivity index (χ0) is 22.2. The van der Waals surface area contributed by atoms with Gasteiger partial charge in [-0.1, -0.05) is 24.3 Å². The van der Waals surface area contributed by atoms with Crippen LogP contribution in [0.4, 0.5) is 15.8 Å². The third-order valence-corrected chi connectivity index (χ3v) is 5.68. The molecule has 0 radical (unpaired) electrons. The molecule has 4 rings (SSSR count).